The van der Waals surface area contributed by atoms with Gasteiger partial charge in [0.25, 0.3) is 0 Å². The topological polar surface area (TPSA) is 82.1 Å². The minimum absolute atomic E-state index is 0.0924. The largest absolute Gasteiger partial charge is 0.469 e. The van der Waals surface area contributed by atoms with Crippen LogP contribution in [0.4, 0.5) is 4.79 Å². The Kier molecular flexibility index (Phi) is 7.67. The van der Waals surface area contributed by atoms with Gasteiger partial charge in [0.2, 0.25) is 0 Å². The number of likely N-dealkylation sites (N-methyl/N-ethyl adjacent to an activating group) is 1. The van der Waals surface area contributed by atoms with Crippen molar-refractivity contribution in [2.75, 3.05) is 20.8 Å². The van der Waals surface area contributed by atoms with Gasteiger partial charge in [0.1, 0.15) is 18.2 Å². The maximum atomic E-state index is 12.4. The molecule has 140 valence electrons. The van der Waals surface area contributed by atoms with Crippen LogP contribution in [0.1, 0.15) is 40.0 Å². The van der Waals surface area contributed by atoms with E-state index in [1.165, 1.54) is 14.2 Å². The van der Waals surface area contributed by atoms with Crippen LogP contribution in [0.15, 0.2) is 23.8 Å². The minimum atomic E-state index is -1.12. The van der Waals surface area contributed by atoms with Gasteiger partial charge in [0.05, 0.1) is 13.5 Å². The number of rotatable bonds is 6. The number of amides is 1. The van der Waals surface area contributed by atoms with Crippen molar-refractivity contribution >= 4 is 18.0 Å². The molecular formula is C18H27NO6. The van der Waals surface area contributed by atoms with Crippen LogP contribution < -0.4 is 0 Å². The van der Waals surface area contributed by atoms with Gasteiger partial charge in [-0.05, 0) is 39.2 Å². The second kappa shape index (κ2) is 9.25. The van der Waals surface area contributed by atoms with Gasteiger partial charge in [-0.25, -0.2) is 9.59 Å². The summed E-state index contributed by atoms with van der Waals surface area (Å²) >= 11 is 0. The highest BCUT2D eigenvalue weighted by molar-refractivity contribution is 5.86. The van der Waals surface area contributed by atoms with Crippen molar-refractivity contribution in [1.29, 1.82) is 0 Å². The third-order valence-electron chi connectivity index (χ3n) is 3.46. The molecule has 1 rings (SSSR count). The number of carbonyl (C=O) groups excluding carboxylic acids is 3. The first-order valence-electron chi connectivity index (χ1n) is 8.19. The van der Waals surface area contributed by atoms with E-state index in [-0.39, 0.29) is 13.0 Å². The fourth-order valence-corrected chi connectivity index (χ4v) is 2.11. The lowest BCUT2D eigenvalue weighted by atomic mass is 10.1. The summed E-state index contributed by atoms with van der Waals surface area (Å²) in [4.78, 5) is 37.3. The molecule has 0 aromatic rings. The Balaban J connectivity index is 2.78. The van der Waals surface area contributed by atoms with E-state index in [9.17, 15) is 14.4 Å². The lowest BCUT2D eigenvalue weighted by molar-refractivity contribution is -0.154. The van der Waals surface area contributed by atoms with E-state index in [0.29, 0.717) is 0 Å². The molecule has 0 heterocycles. The van der Waals surface area contributed by atoms with E-state index < -0.39 is 29.7 Å². The van der Waals surface area contributed by atoms with E-state index >= 15 is 0 Å². The molecule has 25 heavy (non-hydrogen) atoms. The summed E-state index contributed by atoms with van der Waals surface area (Å²) < 4.78 is 15.1. The maximum absolute atomic E-state index is 12.4. The summed E-state index contributed by atoms with van der Waals surface area (Å²) in [5, 5.41) is 0. The van der Waals surface area contributed by atoms with E-state index in [1.807, 2.05) is 18.2 Å². The molecule has 0 aromatic carbocycles. The number of esters is 2. The lowest BCUT2D eigenvalue weighted by Gasteiger charge is -2.29. The van der Waals surface area contributed by atoms with Gasteiger partial charge >= 0.3 is 18.0 Å². The molecule has 0 aliphatic heterocycles. The molecule has 7 heteroatoms. The minimum Gasteiger partial charge on any atom is -0.469 e. The predicted molar refractivity (Wildman–Crippen MR) is 91.8 cm³/mol. The van der Waals surface area contributed by atoms with E-state index in [1.54, 1.807) is 20.8 Å². The summed E-state index contributed by atoms with van der Waals surface area (Å²) in [5.41, 5.74) is 0.166. The van der Waals surface area contributed by atoms with Gasteiger partial charge in [-0.3, -0.25) is 9.69 Å². The summed E-state index contributed by atoms with van der Waals surface area (Å²) in [6.07, 6.45) is 6.72. The normalized spacial score (nSPS) is 15.0. The summed E-state index contributed by atoms with van der Waals surface area (Å²) in [6.45, 7) is 5.24. The first-order chi connectivity index (χ1) is 11.6. The van der Waals surface area contributed by atoms with Gasteiger partial charge in [0.15, 0.2) is 0 Å². The van der Waals surface area contributed by atoms with Crippen LogP contribution in [-0.4, -0.2) is 55.3 Å². The Bertz CT molecular complexity index is 558. The van der Waals surface area contributed by atoms with Crippen molar-refractivity contribution in [3.8, 4) is 0 Å². The van der Waals surface area contributed by atoms with Gasteiger partial charge in [-0.1, -0.05) is 18.2 Å². The third kappa shape index (κ3) is 7.41. The van der Waals surface area contributed by atoms with Crippen LogP contribution in [-0.2, 0) is 23.8 Å². The fraction of sp³-hybridized carbons (Fsp3) is 0.611. The highest BCUT2D eigenvalue weighted by atomic mass is 16.6. The van der Waals surface area contributed by atoms with Crippen LogP contribution >= 0.6 is 0 Å². The smallest absolute Gasteiger partial charge is 0.410 e. The third-order valence-corrected chi connectivity index (χ3v) is 3.46. The first-order valence-corrected chi connectivity index (χ1v) is 8.19. The van der Waals surface area contributed by atoms with Crippen LogP contribution in [0.5, 0.6) is 0 Å². The Morgan fingerprint density at radius 2 is 1.92 bits per heavy atom. The van der Waals surface area contributed by atoms with Crippen molar-refractivity contribution < 1.29 is 28.6 Å². The van der Waals surface area contributed by atoms with Gasteiger partial charge in [-0.15, -0.1) is 0 Å². The Labute approximate surface area is 148 Å². The summed E-state index contributed by atoms with van der Waals surface area (Å²) in [5.74, 6) is -1.30. The molecule has 0 N–H and O–H groups in total. The SMILES string of the molecule is COC(=O)C[C@@H](C(=O)OCC1=CCCC=C1)N(C)C(=O)OC(C)(C)C. The number of carbonyl (C=O) groups is 3. The van der Waals surface area contributed by atoms with Crippen LogP contribution in [0.25, 0.3) is 0 Å². The molecule has 0 unspecified atom stereocenters. The molecule has 1 aliphatic rings. The van der Waals surface area contributed by atoms with Gasteiger partial charge in [0, 0.05) is 7.05 Å². The molecule has 0 radical (unpaired) electrons. The number of allylic oxidation sites excluding steroid dienone is 2. The van der Waals surface area contributed by atoms with Crippen LogP contribution in [0.3, 0.4) is 0 Å². The van der Waals surface area contributed by atoms with Crippen molar-refractivity contribution in [2.24, 2.45) is 0 Å². The monoisotopic (exact) mass is 353 g/mol. The Hall–Kier alpha value is -2.31. The molecule has 1 aliphatic carbocycles. The summed E-state index contributed by atoms with van der Waals surface area (Å²) in [6, 6.07) is -1.12. The number of hydrogen-bond donors (Lipinski definition) is 0. The Morgan fingerprint density at radius 1 is 1.24 bits per heavy atom. The number of methoxy groups -OCH3 is 1. The predicted octanol–water partition coefficient (Wildman–Crippen LogP) is 2.60. The number of nitrogens with zero attached hydrogens (tertiary/aromatic N) is 1. The highest BCUT2D eigenvalue weighted by Gasteiger charge is 2.33. The molecule has 0 bridgehead atoms. The van der Waals surface area contributed by atoms with E-state index in [4.69, 9.17) is 9.47 Å². The second-order valence-electron chi connectivity index (χ2n) is 6.75. The van der Waals surface area contributed by atoms with Crippen LogP contribution in [0, 0.1) is 0 Å². The van der Waals surface area contributed by atoms with Crippen LogP contribution in [0.2, 0.25) is 0 Å². The lowest BCUT2D eigenvalue weighted by Crippen LogP contribution is -2.46. The van der Waals surface area contributed by atoms with E-state index in [2.05, 4.69) is 4.74 Å². The zero-order valence-corrected chi connectivity index (χ0v) is 15.5. The van der Waals surface area contributed by atoms with Crippen molar-refractivity contribution in [3.63, 3.8) is 0 Å². The molecule has 0 spiro atoms. The van der Waals surface area contributed by atoms with Crippen molar-refractivity contribution in [1.82, 2.24) is 4.90 Å². The maximum Gasteiger partial charge on any atom is 0.410 e. The van der Waals surface area contributed by atoms with Crippen molar-refractivity contribution in [3.05, 3.63) is 23.8 Å². The number of hydrogen-bond acceptors (Lipinski definition) is 6. The molecular weight excluding hydrogens is 326 g/mol. The Morgan fingerprint density at radius 3 is 2.44 bits per heavy atom. The second-order valence-corrected chi connectivity index (χ2v) is 6.75. The fourth-order valence-electron chi connectivity index (χ4n) is 2.11. The zero-order chi connectivity index (χ0) is 19.0. The quantitative estimate of drug-likeness (QED) is 0.539. The average molecular weight is 353 g/mol. The highest BCUT2D eigenvalue weighted by Crippen LogP contribution is 2.15. The molecule has 0 fully saturated rings. The van der Waals surface area contributed by atoms with Gasteiger partial charge < -0.3 is 14.2 Å². The molecule has 0 saturated carbocycles. The van der Waals surface area contributed by atoms with Gasteiger partial charge in [-0.2, -0.15) is 0 Å². The zero-order valence-electron chi connectivity index (χ0n) is 15.5. The molecule has 0 aromatic heterocycles. The summed E-state index contributed by atoms with van der Waals surface area (Å²) in [7, 11) is 2.61. The van der Waals surface area contributed by atoms with E-state index in [0.717, 1.165) is 23.3 Å². The standard InChI is InChI=1S/C18H27NO6/c1-18(2,3)25-17(22)19(4)14(11-15(20)23-5)16(21)24-12-13-9-7-6-8-10-13/h7,9-10,14H,6,8,11-12H2,1-5H3/t14-/m0/s1. The molecule has 7 nitrogen and oxygen atoms in total. The average Bonchev–Trinajstić information content (AvgIpc) is 2.56. The first kappa shape index (κ1) is 20.7. The molecule has 1 amide bonds. The molecule has 1 atom stereocenters. The molecule has 0 saturated heterocycles. The van der Waals surface area contributed by atoms with Crippen molar-refractivity contribution in [2.45, 2.75) is 51.7 Å². The number of ether oxygens (including phenoxy) is 3.